The van der Waals surface area contributed by atoms with Crippen LogP contribution in [0.2, 0.25) is 0 Å². The van der Waals surface area contributed by atoms with Crippen molar-refractivity contribution in [3.8, 4) is 0 Å². The summed E-state index contributed by atoms with van der Waals surface area (Å²) in [6.07, 6.45) is 0. The van der Waals surface area contributed by atoms with Crippen molar-refractivity contribution in [2.75, 3.05) is 13.2 Å². The Bertz CT molecular complexity index is 772. The predicted molar refractivity (Wildman–Crippen MR) is 129 cm³/mol. The van der Waals surface area contributed by atoms with Crippen molar-refractivity contribution in [1.82, 2.24) is 0 Å². The Kier molecular flexibility index (Phi) is 14.8. The number of carbonyl (C=O) groups excluding carboxylic acids is 2. The predicted octanol–water partition coefficient (Wildman–Crippen LogP) is 5.68. The molecule has 0 saturated heterocycles. The molecule has 0 heterocycles. The van der Waals surface area contributed by atoms with E-state index in [2.05, 4.69) is 19.1 Å². The number of halogens is 4. The van der Waals surface area contributed by atoms with Gasteiger partial charge in [0.1, 0.15) is 0 Å². The quantitative estimate of drug-likeness (QED) is 0.265. The summed E-state index contributed by atoms with van der Waals surface area (Å²) in [6.45, 7) is 7.26. The van der Waals surface area contributed by atoms with Crippen LogP contribution >= 0.6 is 35.7 Å². The molecule has 0 spiro atoms. The number of rotatable bonds is 5. The molecule has 0 atom stereocenters. The van der Waals surface area contributed by atoms with Gasteiger partial charge in [-0.05, 0) is 27.7 Å². The van der Waals surface area contributed by atoms with Crippen LogP contribution < -0.4 is 0 Å². The van der Waals surface area contributed by atoms with Crippen molar-refractivity contribution in [3.05, 3.63) is 71.3 Å². The zero-order valence-corrected chi connectivity index (χ0v) is 23.6. The first-order valence-corrected chi connectivity index (χ1v) is 23.7. The van der Waals surface area contributed by atoms with Crippen molar-refractivity contribution >= 4 is 61.5 Å². The second-order valence-corrected chi connectivity index (χ2v) is 31.5. The molecule has 10 heteroatoms. The minimum absolute atomic E-state index is 0.0619. The molecule has 2 rings (SSSR count). The molecule has 0 radical (unpaired) electrons. The fourth-order valence-corrected chi connectivity index (χ4v) is 2.12. The second kappa shape index (κ2) is 15.2. The van der Waals surface area contributed by atoms with Gasteiger partial charge in [0.25, 0.3) is 5.60 Å². The summed E-state index contributed by atoms with van der Waals surface area (Å²) in [5.74, 6) is -2.06. The number of aryl methyl sites for hydroxylation is 2. The van der Waals surface area contributed by atoms with E-state index in [1.165, 1.54) is 17.7 Å². The zero-order chi connectivity index (χ0) is 24.1. The normalized spacial score (nSPS) is 10.6. The van der Waals surface area contributed by atoms with Crippen LogP contribution in [0.5, 0.6) is 0 Å². The summed E-state index contributed by atoms with van der Waals surface area (Å²) in [4.78, 5) is 23.8. The van der Waals surface area contributed by atoms with Crippen LogP contribution in [-0.4, -0.2) is 44.1 Å². The van der Waals surface area contributed by atoms with Crippen LogP contribution in [0.3, 0.4) is 0 Å². The molecule has 0 saturated carbocycles. The molecule has 2 aromatic carbocycles. The molecule has 0 bridgehead atoms. The SMILES string of the molecule is CCOC(=O)C(O)(C(=O)OCC)c1ccc(C)cc1.Cc1ccccc1.[Cl][Sn]([Cl])([Cl])[Cl]. The van der Waals surface area contributed by atoms with Crippen LogP contribution in [0.1, 0.15) is 30.5 Å². The van der Waals surface area contributed by atoms with Crippen molar-refractivity contribution in [2.24, 2.45) is 0 Å². The van der Waals surface area contributed by atoms with E-state index in [9.17, 15) is 14.7 Å². The molecule has 5 nitrogen and oxygen atoms in total. The van der Waals surface area contributed by atoms with E-state index in [4.69, 9.17) is 45.2 Å². The van der Waals surface area contributed by atoms with Crippen molar-refractivity contribution in [3.63, 3.8) is 0 Å². The molecule has 0 aliphatic rings. The number of carbonyl (C=O) groups is 2. The van der Waals surface area contributed by atoms with E-state index in [-0.39, 0.29) is 18.8 Å². The van der Waals surface area contributed by atoms with E-state index in [1.54, 1.807) is 26.0 Å². The van der Waals surface area contributed by atoms with Gasteiger partial charge in [-0.15, -0.1) is 0 Å². The monoisotopic (exact) mass is 618 g/mol. The molecular weight excluding hydrogens is 593 g/mol. The standard InChI is InChI=1S/C14H18O5.C7H8.4ClH.Sn/c1-4-18-12(15)14(17,13(16)19-5-2)11-8-6-10(3)7-9-11;1-7-5-3-2-4-6-7;;;;;/h6-9,17H,4-5H2,1-3H3;2-6H,1H3;4*1H;/q;;;;;;+4/p-4. The van der Waals surface area contributed by atoms with E-state index >= 15 is 0 Å². The van der Waals surface area contributed by atoms with E-state index in [0.29, 0.717) is 0 Å². The summed E-state index contributed by atoms with van der Waals surface area (Å²) in [5, 5.41) is 10.4. The van der Waals surface area contributed by atoms with Gasteiger partial charge in [-0.3, -0.25) is 0 Å². The minimum atomic E-state index is -3.29. The molecule has 172 valence electrons. The number of ether oxygens (including phenoxy) is 2. The summed E-state index contributed by atoms with van der Waals surface area (Å²) >= 11 is -3.29. The van der Waals surface area contributed by atoms with Gasteiger partial charge in [0.2, 0.25) is 0 Å². The first-order chi connectivity index (χ1) is 14.4. The molecule has 0 amide bonds. The fraction of sp³-hybridized carbons (Fsp3) is 0.333. The third kappa shape index (κ3) is 12.8. The summed E-state index contributed by atoms with van der Waals surface area (Å²) in [7, 11) is 20.1. The Balaban J connectivity index is 0.000000609. The van der Waals surface area contributed by atoms with Crippen LogP contribution in [0.15, 0.2) is 54.6 Å². The number of esters is 2. The van der Waals surface area contributed by atoms with E-state index < -0.39 is 31.4 Å². The van der Waals surface area contributed by atoms with Crippen LogP contribution in [0, 0.1) is 13.8 Å². The number of hydrogen-bond acceptors (Lipinski definition) is 5. The maximum atomic E-state index is 11.9. The zero-order valence-electron chi connectivity index (χ0n) is 17.7. The van der Waals surface area contributed by atoms with Crippen molar-refractivity contribution in [1.29, 1.82) is 0 Å². The third-order valence-electron chi connectivity index (χ3n) is 3.55. The molecule has 2 aromatic rings. The number of hydrogen-bond donors (Lipinski definition) is 1. The Morgan fingerprint density at radius 1 is 0.806 bits per heavy atom. The molecule has 31 heavy (non-hydrogen) atoms. The number of benzene rings is 2. The summed E-state index contributed by atoms with van der Waals surface area (Å²) in [5.41, 5.74) is -0.0176. The Labute approximate surface area is 202 Å². The topological polar surface area (TPSA) is 72.8 Å². The average Bonchev–Trinajstić information content (AvgIpc) is 2.68. The van der Waals surface area contributed by atoms with Gasteiger partial charge in [0.15, 0.2) is 0 Å². The summed E-state index contributed by atoms with van der Waals surface area (Å²) < 4.78 is 9.54. The Morgan fingerprint density at radius 3 is 1.45 bits per heavy atom. The first kappa shape index (κ1) is 30.3. The maximum absolute atomic E-state index is 11.9. The van der Waals surface area contributed by atoms with Gasteiger partial charge >= 0.3 is 61.5 Å². The third-order valence-corrected chi connectivity index (χ3v) is 3.55. The molecule has 0 aliphatic heterocycles. The molecular formula is C21H26Cl4O5Sn. The van der Waals surface area contributed by atoms with Crippen molar-refractivity contribution < 1.29 is 24.2 Å². The van der Waals surface area contributed by atoms with Gasteiger partial charge < -0.3 is 14.6 Å². The fourth-order valence-electron chi connectivity index (χ4n) is 2.12. The molecule has 1 N–H and O–H groups in total. The van der Waals surface area contributed by atoms with Crippen LogP contribution in [-0.2, 0) is 24.7 Å². The summed E-state index contributed by atoms with van der Waals surface area (Å²) in [6, 6.07) is 16.7. The molecule has 0 aromatic heterocycles. The number of aliphatic hydroxyl groups is 1. The Morgan fingerprint density at radius 2 is 1.16 bits per heavy atom. The molecule has 0 aliphatic carbocycles. The van der Waals surface area contributed by atoms with E-state index in [1.807, 2.05) is 25.1 Å². The van der Waals surface area contributed by atoms with Gasteiger partial charge in [0, 0.05) is 5.56 Å². The van der Waals surface area contributed by atoms with Gasteiger partial charge in [0.05, 0.1) is 13.2 Å². The van der Waals surface area contributed by atoms with Gasteiger partial charge in [-0.2, -0.15) is 0 Å². The van der Waals surface area contributed by atoms with Crippen LogP contribution in [0.4, 0.5) is 0 Å². The average molecular weight is 619 g/mol. The molecule has 0 unspecified atom stereocenters. The molecule has 0 fully saturated rings. The second-order valence-electron chi connectivity index (χ2n) is 6.10. The van der Waals surface area contributed by atoms with Gasteiger partial charge in [-0.25, -0.2) is 9.59 Å². The first-order valence-electron chi connectivity index (χ1n) is 9.27. The van der Waals surface area contributed by atoms with E-state index in [0.717, 1.165) is 5.56 Å². The van der Waals surface area contributed by atoms with Crippen LogP contribution in [0.25, 0.3) is 0 Å². The van der Waals surface area contributed by atoms with Gasteiger partial charge in [-0.1, -0.05) is 65.7 Å². The van der Waals surface area contributed by atoms with Crippen molar-refractivity contribution in [2.45, 2.75) is 33.3 Å². The Hall–Kier alpha value is -0.701.